The molecule has 3 aromatic carbocycles. The van der Waals surface area contributed by atoms with Crippen molar-refractivity contribution in [2.24, 2.45) is 0 Å². The fourth-order valence-electron chi connectivity index (χ4n) is 3.56. The van der Waals surface area contributed by atoms with Crippen LogP contribution in [0.4, 0.5) is 5.69 Å². The number of hydrazine groups is 1. The number of carbonyl (C=O) groups excluding carboxylic acids is 3. The smallest absolute Gasteiger partial charge is 0.285 e. The molecule has 12 heteroatoms. The average molecular weight is 598 g/mol. The summed E-state index contributed by atoms with van der Waals surface area (Å²) in [7, 11) is 1.47. The second kappa shape index (κ2) is 13.3. The topological polar surface area (TPSA) is 106 Å². The van der Waals surface area contributed by atoms with Crippen LogP contribution in [0, 0.1) is 0 Å². The standard InChI is InChI=1S/C28H24ClN3O6S2/c1-3-37-21-7-5-4-6-20(21)30-25(33)16-38-22-13-8-17(14-23(22)36-2)15-24-27(35)32(28(39)40-24)31-26(34)18-9-11-19(29)12-10-18/h4-15H,3,16H2,1-2H3,(H,30,33)(H,31,34)/b24-15+. The summed E-state index contributed by atoms with van der Waals surface area (Å²) in [5.74, 6) is -0.0697. The first kappa shape index (κ1) is 28.9. The molecular weight excluding hydrogens is 574 g/mol. The number of methoxy groups -OCH3 is 1. The van der Waals surface area contributed by atoms with Gasteiger partial charge < -0.3 is 19.5 Å². The van der Waals surface area contributed by atoms with Gasteiger partial charge in [-0.3, -0.25) is 19.8 Å². The molecule has 1 aliphatic heterocycles. The van der Waals surface area contributed by atoms with Crippen molar-refractivity contribution in [3.63, 3.8) is 0 Å². The predicted octanol–water partition coefficient (Wildman–Crippen LogP) is 5.31. The number of hydrogen-bond acceptors (Lipinski definition) is 8. The molecule has 0 aromatic heterocycles. The molecular formula is C28H24ClN3O6S2. The lowest BCUT2D eigenvalue weighted by atomic mass is 10.2. The summed E-state index contributed by atoms with van der Waals surface area (Å²) in [4.78, 5) is 38.3. The highest BCUT2D eigenvalue weighted by Gasteiger charge is 2.33. The zero-order valence-corrected chi connectivity index (χ0v) is 23.8. The SMILES string of the molecule is CCOc1ccccc1NC(=O)COc1ccc(/C=C2/SC(=S)N(NC(=O)c3ccc(Cl)cc3)C2=O)cc1OC. The van der Waals surface area contributed by atoms with Crippen LogP contribution in [0.2, 0.25) is 5.02 Å². The van der Waals surface area contributed by atoms with E-state index in [0.717, 1.165) is 16.8 Å². The van der Waals surface area contributed by atoms with Crippen LogP contribution < -0.4 is 25.0 Å². The lowest BCUT2D eigenvalue weighted by Crippen LogP contribution is -2.44. The minimum atomic E-state index is -0.497. The summed E-state index contributed by atoms with van der Waals surface area (Å²) in [5, 5.41) is 4.29. The van der Waals surface area contributed by atoms with Gasteiger partial charge in [-0.05, 0) is 79.3 Å². The van der Waals surface area contributed by atoms with Crippen molar-refractivity contribution in [3.8, 4) is 17.2 Å². The summed E-state index contributed by atoms with van der Waals surface area (Å²) in [6, 6.07) is 18.4. The van der Waals surface area contributed by atoms with Crippen LogP contribution in [0.15, 0.2) is 71.6 Å². The number of thioether (sulfide) groups is 1. The van der Waals surface area contributed by atoms with E-state index in [1.165, 1.54) is 7.11 Å². The molecule has 1 aliphatic rings. The van der Waals surface area contributed by atoms with E-state index in [2.05, 4.69) is 10.7 Å². The highest BCUT2D eigenvalue weighted by atomic mass is 35.5. The van der Waals surface area contributed by atoms with Crippen LogP contribution in [0.25, 0.3) is 6.08 Å². The lowest BCUT2D eigenvalue weighted by Gasteiger charge is -2.15. The number of hydrogen-bond donors (Lipinski definition) is 2. The fourth-order valence-corrected chi connectivity index (χ4v) is 4.86. The van der Waals surface area contributed by atoms with Gasteiger partial charge in [0.25, 0.3) is 17.7 Å². The number of carbonyl (C=O) groups is 3. The number of rotatable bonds is 10. The molecule has 206 valence electrons. The van der Waals surface area contributed by atoms with Crippen molar-refractivity contribution in [1.29, 1.82) is 0 Å². The lowest BCUT2D eigenvalue weighted by molar-refractivity contribution is -0.123. The van der Waals surface area contributed by atoms with Crippen LogP contribution in [-0.4, -0.2) is 47.4 Å². The minimum absolute atomic E-state index is 0.183. The second-order valence-electron chi connectivity index (χ2n) is 8.14. The minimum Gasteiger partial charge on any atom is -0.493 e. The largest absolute Gasteiger partial charge is 0.493 e. The van der Waals surface area contributed by atoms with E-state index in [9.17, 15) is 14.4 Å². The monoisotopic (exact) mass is 597 g/mol. The van der Waals surface area contributed by atoms with Crippen molar-refractivity contribution in [1.82, 2.24) is 10.4 Å². The van der Waals surface area contributed by atoms with Gasteiger partial charge in [0.15, 0.2) is 22.4 Å². The maximum atomic E-state index is 13.0. The van der Waals surface area contributed by atoms with E-state index >= 15 is 0 Å². The van der Waals surface area contributed by atoms with Gasteiger partial charge in [0.05, 0.1) is 24.3 Å². The first-order valence-corrected chi connectivity index (χ1v) is 13.6. The summed E-state index contributed by atoms with van der Waals surface area (Å²) in [6.45, 7) is 2.07. The summed E-state index contributed by atoms with van der Waals surface area (Å²) >= 11 is 12.2. The molecule has 0 radical (unpaired) electrons. The van der Waals surface area contributed by atoms with Gasteiger partial charge in [-0.2, -0.15) is 5.01 Å². The molecule has 0 saturated carbocycles. The van der Waals surface area contributed by atoms with Crippen LogP contribution >= 0.6 is 35.6 Å². The molecule has 1 fully saturated rings. The molecule has 40 heavy (non-hydrogen) atoms. The third-order valence-electron chi connectivity index (χ3n) is 5.42. The Morgan fingerprint density at radius 2 is 1.77 bits per heavy atom. The van der Waals surface area contributed by atoms with Gasteiger partial charge in [0, 0.05) is 10.6 Å². The first-order valence-electron chi connectivity index (χ1n) is 12.0. The molecule has 3 aromatic rings. The number of ether oxygens (including phenoxy) is 3. The number of nitrogens with one attached hydrogen (secondary N) is 2. The van der Waals surface area contributed by atoms with E-state index in [4.69, 9.17) is 38.0 Å². The first-order chi connectivity index (χ1) is 19.3. The van der Waals surface area contributed by atoms with E-state index in [1.54, 1.807) is 66.7 Å². The van der Waals surface area contributed by atoms with E-state index < -0.39 is 11.8 Å². The molecule has 2 N–H and O–H groups in total. The molecule has 1 saturated heterocycles. The van der Waals surface area contributed by atoms with Gasteiger partial charge in [-0.15, -0.1) is 0 Å². The second-order valence-corrected chi connectivity index (χ2v) is 10.3. The van der Waals surface area contributed by atoms with Crippen LogP contribution in [-0.2, 0) is 9.59 Å². The Morgan fingerprint density at radius 3 is 2.50 bits per heavy atom. The van der Waals surface area contributed by atoms with Gasteiger partial charge in [0.1, 0.15) is 5.75 Å². The molecule has 4 rings (SSSR count). The van der Waals surface area contributed by atoms with Crippen LogP contribution in [0.3, 0.4) is 0 Å². The van der Waals surface area contributed by atoms with Crippen molar-refractivity contribution in [3.05, 3.63) is 87.8 Å². The van der Waals surface area contributed by atoms with Crippen molar-refractivity contribution in [2.45, 2.75) is 6.92 Å². The highest BCUT2D eigenvalue weighted by molar-refractivity contribution is 8.26. The fraction of sp³-hybridized carbons (Fsp3) is 0.143. The number of thiocarbonyl (C=S) groups is 1. The van der Waals surface area contributed by atoms with Crippen LogP contribution in [0.5, 0.6) is 17.2 Å². The van der Waals surface area contributed by atoms with Crippen molar-refractivity contribution in [2.75, 3.05) is 25.6 Å². The van der Waals surface area contributed by atoms with Gasteiger partial charge >= 0.3 is 0 Å². The van der Waals surface area contributed by atoms with Crippen molar-refractivity contribution >= 4 is 69.4 Å². The average Bonchev–Trinajstić information content (AvgIpc) is 3.20. The number of para-hydroxylation sites is 2. The molecule has 3 amide bonds. The Balaban J connectivity index is 1.40. The number of amides is 3. The Bertz CT molecular complexity index is 1480. The third kappa shape index (κ3) is 7.12. The summed E-state index contributed by atoms with van der Waals surface area (Å²) < 4.78 is 16.8. The Labute approximate surface area is 245 Å². The zero-order valence-electron chi connectivity index (χ0n) is 21.4. The predicted molar refractivity (Wildman–Crippen MR) is 159 cm³/mol. The van der Waals surface area contributed by atoms with Crippen LogP contribution in [0.1, 0.15) is 22.8 Å². The maximum absolute atomic E-state index is 13.0. The van der Waals surface area contributed by atoms with E-state index in [1.807, 2.05) is 13.0 Å². The maximum Gasteiger partial charge on any atom is 0.285 e. The molecule has 9 nitrogen and oxygen atoms in total. The molecule has 0 unspecified atom stereocenters. The normalized spacial score (nSPS) is 13.8. The number of nitrogens with zero attached hydrogens (tertiary/aromatic N) is 1. The molecule has 0 aliphatic carbocycles. The highest BCUT2D eigenvalue weighted by Crippen LogP contribution is 2.34. The third-order valence-corrected chi connectivity index (χ3v) is 6.97. The van der Waals surface area contributed by atoms with Gasteiger partial charge in [0.2, 0.25) is 0 Å². The summed E-state index contributed by atoms with van der Waals surface area (Å²) in [6.07, 6.45) is 1.62. The van der Waals surface area contributed by atoms with E-state index in [-0.39, 0.29) is 16.8 Å². The quantitative estimate of drug-likeness (QED) is 0.239. The van der Waals surface area contributed by atoms with Gasteiger partial charge in [-0.1, -0.05) is 41.6 Å². The Kier molecular flexibility index (Phi) is 9.65. The van der Waals surface area contributed by atoms with E-state index in [0.29, 0.717) is 50.6 Å². The summed E-state index contributed by atoms with van der Waals surface area (Å²) in [5.41, 5.74) is 4.03. The van der Waals surface area contributed by atoms with Crippen molar-refractivity contribution < 1.29 is 28.6 Å². The molecule has 0 atom stereocenters. The molecule has 0 spiro atoms. The Hall–Kier alpha value is -4.06. The Morgan fingerprint density at radius 1 is 1.02 bits per heavy atom. The molecule has 0 bridgehead atoms. The zero-order chi connectivity index (χ0) is 28.6. The number of halogens is 1. The molecule has 1 heterocycles. The van der Waals surface area contributed by atoms with Gasteiger partial charge in [-0.25, -0.2) is 0 Å². The number of benzene rings is 3. The number of anilines is 1.